The van der Waals surface area contributed by atoms with Crippen molar-refractivity contribution < 1.29 is 24.2 Å². The van der Waals surface area contributed by atoms with E-state index in [0.717, 1.165) is 4.88 Å². The number of nitrogens with zero attached hydrogens (tertiary/aromatic N) is 1. The third-order valence-corrected chi connectivity index (χ3v) is 6.28. The molecule has 2 atom stereocenters. The molecule has 0 aliphatic carbocycles. The van der Waals surface area contributed by atoms with Crippen LogP contribution in [0.3, 0.4) is 0 Å². The Balaban J connectivity index is 1.72. The van der Waals surface area contributed by atoms with Gasteiger partial charge in [0.2, 0.25) is 5.91 Å². The minimum absolute atomic E-state index is 0.102. The molecule has 3 rings (SSSR count). The van der Waals surface area contributed by atoms with E-state index in [1.807, 2.05) is 17.5 Å². The Hall–Kier alpha value is -1.84. The van der Waals surface area contributed by atoms with Gasteiger partial charge in [-0.2, -0.15) is 0 Å². The van der Waals surface area contributed by atoms with Crippen molar-refractivity contribution in [2.24, 2.45) is 0 Å². The van der Waals surface area contributed by atoms with Crippen molar-refractivity contribution in [2.75, 3.05) is 12.4 Å². The van der Waals surface area contributed by atoms with Crippen molar-refractivity contribution in [2.45, 2.75) is 44.2 Å². The molecule has 27 heavy (non-hydrogen) atoms. The van der Waals surface area contributed by atoms with Crippen LogP contribution in [0, 0.1) is 0 Å². The minimum Gasteiger partial charge on any atom is -0.455 e. The number of ether oxygens (including phenoxy) is 1. The number of nitrogens with one attached hydrogen (secondary N) is 1. The van der Waals surface area contributed by atoms with E-state index in [2.05, 4.69) is 5.32 Å². The Bertz CT molecular complexity index is 782. The van der Waals surface area contributed by atoms with Gasteiger partial charge in [-0.3, -0.25) is 14.5 Å². The second-order valence-corrected chi connectivity index (χ2v) is 9.46. The molecule has 0 radical (unpaired) electrons. The number of β-lactam (4-membered cyclic amide) rings is 1. The predicted octanol–water partition coefficient (Wildman–Crippen LogP) is 1.28. The molecule has 7 nitrogen and oxygen atoms in total. The van der Waals surface area contributed by atoms with Gasteiger partial charge >= 0.3 is 5.97 Å². The molecule has 146 valence electrons. The molecule has 2 aliphatic rings. The topological polar surface area (TPSA) is 95.9 Å². The number of rotatable bonds is 5. The van der Waals surface area contributed by atoms with Gasteiger partial charge in [0.1, 0.15) is 22.7 Å². The van der Waals surface area contributed by atoms with Crippen LogP contribution < -0.4 is 5.32 Å². The van der Waals surface area contributed by atoms with Crippen LogP contribution in [0.25, 0.3) is 0 Å². The lowest BCUT2D eigenvalue weighted by atomic mass is 10.0. The molecule has 1 aromatic rings. The molecule has 2 amide bonds. The van der Waals surface area contributed by atoms with Crippen LogP contribution in [0.15, 0.2) is 28.8 Å². The number of aliphatic hydroxyl groups is 1. The lowest BCUT2D eigenvalue weighted by molar-refractivity contribution is -0.159. The fourth-order valence-electron chi connectivity index (χ4n) is 2.92. The fourth-order valence-corrected chi connectivity index (χ4v) is 4.95. The summed E-state index contributed by atoms with van der Waals surface area (Å²) in [6.45, 7) is 4.90. The summed E-state index contributed by atoms with van der Waals surface area (Å²) in [4.78, 5) is 39.7. The number of aliphatic hydroxyl groups excluding tert-OH is 1. The molecule has 0 saturated carbocycles. The van der Waals surface area contributed by atoms with Crippen LogP contribution in [-0.2, 0) is 25.5 Å². The van der Waals surface area contributed by atoms with Crippen molar-refractivity contribution in [1.82, 2.24) is 10.2 Å². The van der Waals surface area contributed by atoms with Crippen molar-refractivity contribution in [3.8, 4) is 0 Å². The number of carbonyl (C=O) groups is 3. The van der Waals surface area contributed by atoms with Gasteiger partial charge in [-0.05, 0) is 37.8 Å². The largest absolute Gasteiger partial charge is 0.455 e. The molecule has 0 spiro atoms. The maximum Gasteiger partial charge on any atom is 0.355 e. The number of carbonyl (C=O) groups excluding carboxylic acids is 3. The van der Waals surface area contributed by atoms with Gasteiger partial charge in [-0.15, -0.1) is 23.1 Å². The second kappa shape index (κ2) is 7.65. The molecular weight excluding hydrogens is 388 g/mol. The Morgan fingerprint density at radius 1 is 1.41 bits per heavy atom. The molecule has 1 fully saturated rings. The first-order valence-corrected chi connectivity index (χ1v) is 10.5. The van der Waals surface area contributed by atoms with Crippen molar-refractivity contribution >= 4 is 40.9 Å². The fraction of sp³-hybridized carbons (Fsp3) is 0.500. The number of fused-ring (bicyclic) bond motifs is 1. The van der Waals surface area contributed by atoms with E-state index in [0.29, 0.717) is 11.3 Å². The Morgan fingerprint density at radius 2 is 2.15 bits per heavy atom. The average molecular weight is 411 g/mol. The maximum atomic E-state index is 12.7. The number of thiophene rings is 1. The zero-order valence-electron chi connectivity index (χ0n) is 15.4. The van der Waals surface area contributed by atoms with Crippen LogP contribution >= 0.6 is 23.1 Å². The molecule has 2 aliphatic heterocycles. The van der Waals surface area contributed by atoms with Crippen LogP contribution in [-0.4, -0.2) is 57.2 Å². The van der Waals surface area contributed by atoms with Gasteiger partial charge in [-0.1, -0.05) is 6.07 Å². The average Bonchev–Trinajstić information content (AvgIpc) is 3.09. The minimum atomic E-state index is -0.715. The molecule has 0 bridgehead atoms. The summed E-state index contributed by atoms with van der Waals surface area (Å²) in [5.41, 5.74) is -0.153. The number of hydrogen-bond acceptors (Lipinski definition) is 7. The first kappa shape index (κ1) is 19.9. The van der Waals surface area contributed by atoms with Gasteiger partial charge in [-0.25, -0.2) is 4.79 Å². The second-order valence-electron chi connectivity index (χ2n) is 7.32. The molecule has 3 heterocycles. The Morgan fingerprint density at radius 3 is 2.74 bits per heavy atom. The first-order chi connectivity index (χ1) is 12.7. The number of amides is 2. The summed E-state index contributed by atoms with van der Waals surface area (Å²) in [5.74, 6) is -0.824. The summed E-state index contributed by atoms with van der Waals surface area (Å²) >= 11 is 2.90. The summed E-state index contributed by atoms with van der Waals surface area (Å²) in [6.07, 6.45) is 0.218. The van der Waals surface area contributed by atoms with Crippen LogP contribution in [0.2, 0.25) is 0 Å². The molecule has 1 saturated heterocycles. The highest BCUT2D eigenvalue weighted by Crippen LogP contribution is 2.40. The van der Waals surface area contributed by atoms with Gasteiger partial charge in [0.25, 0.3) is 5.91 Å². The highest BCUT2D eigenvalue weighted by Gasteiger charge is 2.54. The highest BCUT2D eigenvalue weighted by molar-refractivity contribution is 8.00. The lowest BCUT2D eigenvalue weighted by Crippen LogP contribution is -2.70. The SMILES string of the molecule is CC(C)(C)OC(=O)C1=C(CO)CS[C@@H]2C(NC(=O)Cc3cccs3)C(=O)N12. The van der Waals surface area contributed by atoms with Crippen LogP contribution in [0.5, 0.6) is 0 Å². The smallest absolute Gasteiger partial charge is 0.355 e. The van der Waals surface area contributed by atoms with E-state index in [4.69, 9.17) is 4.74 Å². The van der Waals surface area contributed by atoms with E-state index >= 15 is 0 Å². The standard InChI is InChI=1S/C18H22N2O5S2/c1-18(2,3)25-17(24)14-10(8-21)9-27-16-13(15(23)20(14)16)19-12(22)7-11-5-4-6-26-11/h4-6,13,16,21H,7-9H2,1-3H3,(H,19,22)/t13?,16-/m1/s1. The summed E-state index contributed by atoms with van der Waals surface area (Å²) in [7, 11) is 0. The zero-order valence-corrected chi connectivity index (χ0v) is 17.0. The number of hydrogen-bond donors (Lipinski definition) is 2. The molecule has 0 aromatic carbocycles. The third-order valence-electron chi connectivity index (χ3n) is 4.06. The number of thioether (sulfide) groups is 1. The van der Waals surface area contributed by atoms with E-state index < -0.39 is 17.6 Å². The maximum absolute atomic E-state index is 12.7. The van der Waals surface area contributed by atoms with Crippen LogP contribution in [0.4, 0.5) is 0 Å². The van der Waals surface area contributed by atoms with E-state index in [1.54, 1.807) is 20.8 Å². The Kier molecular flexibility index (Phi) is 5.64. The van der Waals surface area contributed by atoms with Gasteiger partial charge in [0, 0.05) is 10.6 Å². The Labute approximate surface area is 165 Å². The van der Waals surface area contributed by atoms with Gasteiger partial charge < -0.3 is 15.2 Å². The van der Waals surface area contributed by atoms with Crippen molar-refractivity contribution in [3.05, 3.63) is 33.7 Å². The normalized spacial score (nSPS) is 22.2. The summed E-state index contributed by atoms with van der Waals surface area (Å²) in [6, 6.07) is 3.06. The first-order valence-electron chi connectivity index (χ1n) is 8.54. The number of esters is 1. The third kappa shape index (κ3) is 4.20. The molecule has 1 aromatic heterocycles. The molecule has 2 N–H and O–H groups in total. The monoisotopic (exact) mass is 410 g/mol. The highest BCUT2D eigenvalue weighted by atomic mass is 32.2. The zero-order chi connectivity index (χ0) is 19.8. The molecular formula is C18H22N2O5S2. The predicted molar refractivity (Wildman–Crippen MR) is 103 cm³/mol. The van der Waals surface area contributed by atoms with Crippen LogP contribution in [0.1, 0.15) is 25.6 Å². The quantitative estimate of drug-likeness (QED) is 0.561. The molecule has 1 unspecified atom stereocenters. The van der Waals surface area contributed by atoms with E-state index in [9.17, 15) is 19.5 Å². The van der Waals surface area contributed by atoms with Crippen molar-refractivity contribution in [3.63, 3.8) is 0 Å². The van der Waals surface area contributed by atoms with Gasteiger partial charge in [0.15, 0.2) is 0 Å². The molecule has 9 heteroatoms. The van der Waals surface area contributed by atoms with Gasteiger partial charge in [0.05, 0.1) is 13.0 Å². The van der Waals surface area contributed by atoms with E-state index in [-0.39, 0.29) is 35.9 Å². The van der Waals surface area contributed by atoms with E-state index in [1.165, 1.54) is 28.0 Å². The summed E-state index contributed by atoms with van der Waals surface area (Å²) in [5, 5.41) is 13.9. The lowest BCUT2D eigenvalue weighted by Gasteiger charge is -2.49. The summed E-state index contributed by atoms with van der Waals surface area (Å²) < 4.78 is 5.40. The van der Waals surface area contributed by atoms with Crippen molar-refractivity contribution in [1.29, 1.82) is 0 Å².